The van der Waals surface area contributed by atoms with E-state index in [1.54, 1.807) is 27.7 Å². The second-order valence-corrected chi connectivity index (χ2v) is 8.39. The summed E-state index contributed by atoms with van der Waals surface area (Å²) in [5.74, 6) is -2.04. The molecule has 0 aromatic carbocycles. The fourth-order valence-corrected chi connectivity index (χ4v) is 4.63. The predicted octanol–water partition coefficient (Wildman–Crippen LogP) is 0.130. The Morgan fingerprint density at radius 2 is 1.81 bits per heavy atom. The van der Waals surface area contributed by atoms with Crippen molar-refractivity contribution < 1.29 is 29.0 Å². The fourth-order valence-electron chi connectivity index (χ4n) is 3.00. The van der Waals surface area contributed by atoms with Gasteiger partial charge in [-0.25, -0.2) is 9.36 Å². The summed E-state index contributed by atoms with van der Waals surface area (Å²) in [4.78, 5) is 56.7. The Hall–Kier alpha value is -1.58. The number of aromatic nitrogens is 2. The van der Waals surface area contributed by atoms with Crippen LogP contribution in [0.1, 0.15) is 38.9 Å². The minimum absolute atomic E-state index is 0.510. The molecule has 0 radical (unpaired) electrons. The number of hydrogen-bond donors (Lipinski definition) is 4. The summed E-state index contributed by atoms with van der Waals surface area (Å²) in [5.41, 5.74) is -1.62. The van der Waals surface area contributed by atoms with E-state index in [1.807, 2.05) is 4.98 Å². The molecule has 4 N–H and O–H groups in total. The molecule has 0 spiro atoms. The molecule has 1 heterocycles. The Bertz CT molecular complexity index is 783. The maximum Gasteiger partial charge on any atom is 0.357 e. The first-order valence-corrected chi connectivity index (χ1v) is 9.67. The van der Waals surface area contributed by atoms with Gasteiger partial charge in [0.15, 0.2) is 5.34 Å². The van der Waals surface area contributed by atoms with Crippen LogP contribution in [0, 0.1) is 11.8 Å². The largest absolute Gasteiger partial charge is 0.394 e. The number of rotatable bonds is 8. The van der Waals surface area contributed by atoms with Crippen molar-refractivity contribution in [2.75, 3.05) is 6.61 Å². The maximum atomic E-state index is 12.3. The van der Waals surface area contributed by atoms with E-state index < -0.39 is 61.1 Å². The molecule has 0 unspecified atom stereocenters. The van der Waals surface area contributed by atoms with Crippen molar-refractivity contribution in [3.05, 3.63) is 33.1 Å². The fraction of sp³-hybridized carbons (Fsp3) is 0.667. The van der Waals surface area contributed by atoms with Gasteiger partial charge in [-0.1, -0.05) is 27.7 Å². The van der Waals surface area contributed by atoms with Gasteiger partial charge in [0.25, 0.3) is 5.56 Å². The van der Waals surface area contributed by atoms with Gasteiger partial charge in [-0.2, -0.15) is 0 Å². The average Bonchev–Trinajstić information content (AvgIpc) is 2.48. The molecule has 1 rings (SSSR count). The number of nitrogens with zero attached hydrogens (tertiary/aromatic N) is 1. The molecule has 0 aliphatic carbocycles. The minimum Gasteiger partial charge on any atom is -0.394 e. The lowest BCUT2D eigenvalue weighted by Crippen LogP contribution is -2.47. The zero-order chi connectivity index (χ0) is 20.3. The third-order valence-electron chi connectivity index (χ3n) is 4.16. The number of hydrogen-bond acceptors (Lipinski definition) is 6. The van der Waals surface area contributed by atoms with E-state index in [4.69, 9.17) is 4.74 Å². The summed E-state index contributed by atoms with van der Waals surface area (Å²) in [5, 5.41) is 7.65. The maximum absolute atomic E-state index is 12.3. The van der Waals surface area contributed by atoms with Crippen LogP contribution in [0.3, 0.4) is 0 Å². The van der Waals surface area contributed by atoms with E-state index in [0.717, 1.165) is 12.3 Å². The number of aromatic amines is 1. The lowest BCUT2D eigenvalue weighted by Gasteiger charge is -2.43. The van der Waals surface area contributed by atoms with Crippen LogP contribution >= 0.6 is 7.60 Å². The lowest BCUT2D eigenvalue weighted by molar-refractivity contribution is -0.118. The van der Waals surface area contributed by atoms with Crippen molar-refractivity contribution in [3.8, 4) is 0 Å². The topological polar surface area (TPSA) is 159 Å². The van der Waals surface area contributed by atoms with Crippen LogP contribution in [0.5, 0.6) is 0 Å². The monoisotopic (exact) mass is 392 g/mol. The van der Waals surface area contributed by atoms with Gasteiger partial charge in [-0.15, -0.1) is 0 Å². The third kappa shape index (κ3) is 4.57. The highest BCUT2D eigenvalue weighted by Crippen LogP contribution is 2.59. The van der Waals surface area contributed by atoms with Crippen LogP contribution in [0.15, 0.2) is 21.9 Å². The van der Waals surface area contributed by atoms with Gasteiger partial charge < -0.3 is 19.6 Å². The SMILES string of the molecule is CC(C)C(O[C@H](CO)CC(=O)n1ccc(=O)[nH]c1=O)(C(C)C)P(=O)(O)O. The first-order valence-electron chi connectivity index (χ1n) is 8.06. The second kappa shape index (κ2) is 8.41. The van der Waals surface area contributed by atoms with Crippen LogP contribution in [-0.4, -0.2) is 48.4 Å². The number of ether oxygens (including phenoxy) is 1. The van der Waals surface area contributed by atoms with E-state index in [1.165, 1.54) is 0 Å². The number of carbonyl (C=O) groups is 1. The smallest absolute Gasteiger partial charge is 0.357 e. The summed E-state index contributed by atoms with van der Waals surface area (Å²) in [6, 6.07) is 0.982. The van der Waals surface area contributed by atoms with Gasteiger partial charge >= 0.3 is 13.3 Å². The second-order valence-electron chi connectivity index (χ2n) is 6.61. The van der Waals surface area contributed by atoms with Crippen molar-refractivity contribution in [1.29, 1.82) is 0 Å². The highest BCUT2D eigenvalue weighted by Gasteiger charge is 2.54. The molecular formula is C15H25N2O8P. The molecule has 148 valence electrons. The number of nitrogens with one attached hydrogen (secondary N) is 1. The number of aliphatic hydroxyl groups excluding tert-OH is 1. The number of carbonyl (C=O) groups excluding carboxylic acids is 1. The molecule has 0 amide bonds. The molecule has 1 aromatic heterocycles. The Morgan fingerprint density at radius 1 is 1.27 bits per heavy atom. The van der Waals surface area contributed by atoms with Crippen molar-refractivity contribution in [1.82, 2.24) is 9.55 Å². The molecule has 0 bridgehead atoms. The van der Waals surface area contributed by atoms with Crippen LogP contribution in [0.4, 0.5) is 0 Å². The molecule has 0 saturated carbocycles. The Balaban J connectivity index is 3.17. The van der Waals surface area contributed by atoms with Crippen LogP contribution in [-0.2, 0) is 9.30 Å². The third-order valence-corrected chi connectivity index (χ3v) is 6.21. The Labute approximate surface area is 150 Å². The van der Waals surface area contributed by atoms with Gasteiger partial charge in [-0.05, 0) is 11.8 Å². The Morgan fingerprint density at radius 3 is 2.19 bits per heavy atom. The zero-order valence-electron chi connectivity index (χ0n) is 15.1. The van der Waals surface area contributed by atoms with Crippen molar-refractivity contribution in [2.45, 2.75) is 45.6 Å². The first-order chi connectivity index (χ1) is 11.9. The number of aliphatic hydroxyl groups is 1. The van der Waals surface area contributed by atoms with Crippen molar-refractivity contribution >= 4 is 13.5 Å². The van der Waals surface area contributed by atoms with E-state index in [0.29, 0.717) is 4.57 Å². The Kier molecular flexibility index (Phi) is 7.26. The van der Waals surface area contributed by atoms with E-state index in [-0.39, 0.29) is 0 Å². The number of H-pyrrole nitrogens is 1. The molecular weight excluding hydrogens is 367 g/mol. The standard InChI is InChI=1S/C15H25N2O8P/c1-9(2)15(10(3)4,26(22,23)24)25-11(8-18)7-13(20)17-6-5-12(19)16-14(17)21/h5-6,9-11,18H,7-8H2,1-4H3,(H,16,19,21)(H2,22,23,24)/t11-/m0/s1. The molecule has 11 heteroatoms. The van der Waals surface area contributed by atoms with Crippen LogP contribution in [0.2, 0.25) is 0 Å². The molecule has 0 aliphatic rings. The van der Waals surface area contributed by atoms with E-state index in [2.05, 4.69) is 0 Å². The van der Waals surface area contributed by atoms with Crippen molar-refractivity contribution in [2.24, 2.45) is 11.8 Å². The predicted molar refractivity (Wildman–Crippen MR) is 93.0 cm³/mol. The van der Waals surface area contributed by atoms with Gasteiger partial charge in [0, 0.05) is 12.3 Å². The molecule has 1 aromatic rings. The molecule has 0 fully saturated rings. The minimum atomic E-state index is -4.78. The highest BCUT2D eigenvalue weighted by molar-refractivity contribution is 7.53. The van der Waals surface area contributed by atoms with Gasteiger partial charge in [0.05, 0.1) is 19.1 Å². The quantitative estimate of drug-likeness (QED) is 0.454. The average molecular weight is 392 g/mol. The molecule has 26 heavy (non-hydrogen) atoms. The van der Waals surface area contributed by atoms with Gasteiger partial charge in [0.2, 0.25) is 5.91 Å². The van der Waals surface area contributed by atoms with Gasteiger partial charge in [0.1, 0.15) is 0 Å². The molecule has 0 aliphatic heterocycles. The summed E-state index contributed by atoms with van der Waals surface area (Å²) in [6.07, 6.45) is -0.776. The summed E-state index contributed by atoms with van der Waals surface area (Å²) < 4.78 is 18.4. The zero-order valence-corrected chi connectivity index (χ0v) is 16.0. The molecule has 10 nitrogen and oxygen atoms in total. The van der Waals surface area contributed by atoms with E-state index in [9.17, 15) is 33.8 Å². The van der Waals surface area contributed by atoms with E-state index >= 15 is 0 Å². The molecule has 1 atom stereocenters. The molecule has 0 saturated heterocycles. The van der Waals surface area contributed by atoms with Crippen LogP contribution in [0.25, 0.3) is 0 Å². The summed E-state index contributed by atoms with van der Waals surface area (Å²) in [7, 11) is -4.78. The summed E-state index contributed by atoms with van der Waals surface area (Å²) >= 11 is 0. The van der Waals surface area contributed by atoms with Crippen LogP contribution < -0.4 is 11.2 Å². The normalized spacial score (nSPS) is 14.0. The van der Waals surface area contributed by atoms with Crippen molar-refractivity contribution in [3.63, 3.8) is 0 Å². The lowest BCUT2D eigenvalue weighted by atomic mass is 9.94. The summed E-state index contributed by atoms with van der Waals surface area (Å²) in [6.45, 7) is 5.60. The van der Waals surface area contributed by atoms with Gasteiger partial charge in [-0.3, -0.25) is 19.1 Å². The highest BCUT2D eigenvalue weighted by atomic mass is 31.2. The first kappa shape index (κ1) is 22.5.